The predicted octanol–water partition coefficient (Wildman–Crippen LogP) is 22.8. The molecule has 0 heterocycles. The van der Waals surface area contributed by atoms with Crippen molar-refractivity contribution in [3.8, 4) is 0 Å². The number of unbranched alkanes of at least 4 members (excludes halogenated alkanes) is 54. The zero-order valence-electron chi connectivity index (χ0n) is 52.5. The number of esters is 1. The number of aliphatic hydroxyl groups is 2. The number of hydrogen-bond donors (Lipinski definition) is 3. The van der Waals surface area contributed by atoms with Crippen LogP contribution in [-0.4, -0.2) is 47.4 Å². The van der Waals surface area contributed by atoms with E-state index in [1.807, 2.05) is 0 Å². The van der Waals surface area contributed by atoms with Crippen LogP contribution in [0.2, 0.25) is 0 Å². The maximum Gasteiger partial charge on any atom is 0.305 e. The molecule has 0 spiro atoms. The second-order valence-electron chi connectivity index (χ2n) is 24.6. The van der Waals surface area contributed by atoms with Crippen molar-refractivity contribution in [1.82, 2.24) is 5.32 Å². The molecule has 6 heteroatoms. The van der Waals surface area contributed by atoms with Gasteiger partial charge in [-0.1, -0.05) is 353 Å². The van der Waals surface area contributed by atoms with Gasteiger partial charge in [-0.05, 0) is 51.4 Å². The highest BCUT2D eigenvalue weighted by Crippen LogP contribution is 2.19. The van der Waals surface area contributed by atoms with Crippen molar-refractivity contribution in [3.05, 3.63) is 12.2 Å². The first-order valence-corrected chi connectivity index (χ1v) is 35.4. The van der Waals surface area contributed by atoms with Gasteiger partial charge in [0.05, 0.1) is 25.4 Å². The van der Waals surface area contributed by atoms with E-state index in [-0.39, 0.29) is 18.5 Å². The molecule has 0 saturated heterocycles. The summed E-state index contributed by atoms with van der Waals surface area (Å²) < 4.78 is 5.51. The number of aliphatic hydroxyl groups excluding tert-OH is 2. The van der Waals surface area contributed by atoms with E-state index in [2.05, 4.69) is 31.3 Å². The van der Waals surface area contributed by atoms with Crippen molar-refractivity contribution in [2.45, 2.75) is 418 Å². The van der Waals surface area contributed by atoms with Crippen LogP contribution in [0.15, 0.2) is 12.2 Å². The van der Waals surface area contributed by atoms with E-state index >= 15 is 0 Å². The molecule has 6 nitrogen and oxygen atoms in total. The minimum atomic E-state index is -0.662. The maximum absolute atomic E-state index is 12.5. The summed E-state index contributed by atoms with van der Waals surface area (Å²) in [6, 6.07) is -0.539. The largest absolute Gasteiger partial charge is 0.466 e. The zero-order chi connectivity index (χ0) is 55.7. The third-order valence-corrected chi connectivity index (χ3v) is 16.8. The molecule has 1 amide bonds. The van der Waals surface area contributed by atoms with E-state index in [0.717, 1.165) is 38.5 Å². The molecule has 0 saturated carbocycles. The summed E-state index contributed by atoms with van der Waals surface area (Å²) in [6.45, 7) is 4.99. The Balaban J connectivity index is 3.33. The van der Waals surface area contributed by atoms with Gasteiger partial charge in [0.2, 0.25) is 5.91 Å². The molecule has 458 valence electrons. The number of carbonyl (C=O) groups excluding carboxylic acids is 2. The molecule has 0 radical (unpaired) electrons. The molecular formula is C71H139NO5. The number of amides is 1. The molecule has 2 atom stereocenters. The molecule has 0 aliphatic heterocycles. The number of rotatable bonds is 67. The average molecular weight is 1090 g/mol. The molecule has 0 rings (SSSR count). The van der Waals surface area contributed by atoms with E-state index in [9.17, 15) is 19.8 Å². The van der Waals surface area contributed by atoms with Gasteiger partial charge >= 0.3 is 5.97 Å². The van der Waals surface area contributed by atoms with Crippen LogP contribution < -0.4 is 5.32 Å². The Morgan fingerprint density at radius 2 is 0.610 bits per heavy atom. The van der Waals surface area contributed by atoms with Gasteiger partial charge in [-0.25, -0.2) is 0 Å². The van der Waals surface area contributed by atoms with Gasteiger partial charge in [-0.3, -0.25) is 9.59 Å². The summed E-state index contributed by atoms with van der Waals surface area (Å²) in [5.74, 6) is -0.0114. The standard InChI is InChI=1S/C71H139NO5/c1-3-5-7-9-11-13-15-17-19-20-29-33-37-41-45-49-53-57-61-65-71(76)77-66-62-58-54-50-46-42-38-34-31-28-26-24-22-21-23-25-27-30-32-36-40-44-48-52-56-60-64-70(75)72-68(67-73)69(74)63-59-55-51-47-43-39-35-18-16-14-12-10-8-6-4-2/h17,19,68-69,73-74H,3-16,18,20-67H2,1-2H3,(H,72,75)/b19-17-. The minimum absolute atomic E-state index is 0.0179. The Hall–Kier alpha value is -1.40. The molecule has 2 unspecified atom stereocenters. The van der Waals surface area contributed by atoms with Gasteiger partial charge in [0.1, 0.15) is 0 Å². The van der Waals surface area contributed by atoms with Gasteiger partial charge in [0.25, 0.3) is 0 Å². The molecule has 0 aliphatic carbocycles. The van der Waals surface area contributed by atoms with E-state index < -0.39 is 12.1 Å². The fourth-order valence-electron chi connectivity index (χ4n) is 11.4. The van der Waals surface area contributed by atoms with Crippen LogP contribution >= 0.6 is 0 Å². The average Bonchev–Trinajstić information content (AvgIpc) is 3.43. The van der Waals surface area contributed by atoms with Crippen LogP contribution in [0.3, 0.4) is 0 Å². The molecule has 0 aromatic rings. The lowest BCUT2D eigenvalue weighted by Gasteiger charge is -2.22. The summed E-state index contributed by atoms with van der Waals surface area (Å²) in [5, 5.41) is 23.3. The second kappa shape index (κ2) is 67.1. The van der Waals surface area contributed by atoms with Crippen molar-refractivity contribution in [1.29, 1.82) is 0 Å². The number of allylic oxidation sites excluding steroid dienone is 2. The zero-order valence-corrected chi connectivity index (χ0v) is 52.5. The lowest BCUT2D eigenvalue weighted by molar-refractivity contribution is -0.143. The number of nitrogens with one attached hydrogen (secondary N) is 1. The van der Waals surface area contributed by atoms with Gasteiger partial charge in [-0.15, -0.1) is 0 Å². The molecular weight excluding hydrogens is 947 g/mol. The summed E-state index contributed by atoms with van der Waals surface area (Å²) in [4.78, 5) is 24.6. The van der Waals surface area contributed by atoms with E-state index in [1.54, 1.807) is 0 Å². The van der Waals surface area contributed by atoms with Gasteiger partial charge in [0.15, 0.2) is 0 Å². The van der Waals surface area contributed by atoms with Crippen molar-refractivity contribution >= 4 is 11.9 Å². The third kappa shape index (κ3) is 63.6. The van der Waals surface area contributed by atoms with Crippen LogP contribution in [0.1, 0.15) is 406 Å². The molecule has 0 fully saturated rings. The third-order valence-electron chi connectivity index (χ3n) is 16.8. The van der Waals surface area contributed by atoms with Gasteiger partial charge < -0.3 is 20.3 Å². The fourth-order valence-corrected chi connectivity index (χ4v) is 11.4. The Morgan fingerprint density at radius 1 is 0.351 bits per heavy atom. The van der Waals surface area contributed by atoms with Crippen LogP contribution in [-0.2, 0) is 14.3 Å². The SMILES string of the molecule is CCCCCCCC/C=C\CCCCCCCCCCCC(=O)OCCCCCCCCCCCCCCCCCCCCCCCCCCCCC(=O)NC(CO)C(O)CCCCCCCCCCCCCCCCC. The van der Waals surface area contributed by atoms with E-state index in [4.69, 9.17) is 4.74 Å². The van der Waals surface area contributed by atoms with E-state index in [1.165, 1.54) is 334 Å². The lowest BCUT2D eigenvalue weighted by Crippen LogP contribution is -2.45. The monoisotopic (exact) mass is 1090 g/mol. The van der Waals surface area contributed by atoms with Crippen LogP contribution in [0.5, 0.6) is 0 Å². The van der Waals surface area contributed by atoms with Crippen molar-refractivity contribution in [2.75, 3.05) is 13.2 Å². The predicted molar refractivity (Wildman–Crippen MR) is 338 cm³/mol. The van der Waals surface area contributed by atoms with Gasteiger partial charge in [-0.2, -0.15) is 0 Å². The topological polar surface area (TPSA) is 95.9 Å². The summed E-state index contributed by atoms with van der Waals surface area (Å²) in [6.07, 6.45) is 82.6. The maximum atomic E-state index is 12.5. The Labute approximate surface area is 482 Å². The van der Waals surface area contributed by atoms with Crippen molar-refractivity contribution < 1.29 is 24.5 Å². The summed E-state index contributed by atoms with van der Waals surface area (Å²) >= 11 is 0. The lowest BCUT2D eigenvalue weighted by atomic mass is 10.0. The number of carbonyl (C=O) groups is 2. The van der Waals surface area contributed by atoms with E-state index in [0.29, 0.717) is 25.9 Å². The second-order valence-corrected chi connectivity index (χ2v) is 24.6. The van der Waals surface area contributed by atoms with Crippen LogP contribution in [0.25, 0.3) is 0 Å². The molecule has 0 aromatic carbocycles. The highest BCUT2D eigenvalue weighted by molar-refractivity contribution is 5.76. The first-order valence-electron chi connectivity index (χ1n) is 35.4. The fraction of sp³-hybridized carbons (Fsp3) is 0.944. The highest BCUT2D eigenvalue weighted by atomic mass is 16.5. The number of hydrogen-bond acceptors (Lipinski definition) is 5. The quantitative estimate of drug-likeness (QED) is 0.0320. The van der Waals surface area contributed by atoms with Crippen LogP contribution in [0, 0.1) is 0 Å². The Kier molecular flexibility index (Phi) is 65.9. The smallest absolute Gasteiger partial charge is 0.305 e. The van der Waals surface area contributed by atoms with Crippen molar-refractivity contribution in [3.63, 3.8) is 0 Å². The minimum Gasteiger partial charge on any atom is -0.466 e. The first kappa shape index (κ1) is 75.6. The Bertz CT molecular complexity index is 1160. The molecule has 3 N–H and O–H groups in total. The van der Waals surface area contributed by atoms with Gasteiger partial charge in [0, 0.05) is 12.8 Å². The van der Waals surface area contributed by atoms with Crippen LogP contribution in [0.4, 0.5) is 0 Å². The number of ether oxygens (including phenoxy) is 1. The molecule has 0 aliphatic rings. The summed E-state index contributed by atoms with van der Waals surface area (Å²) in [5.41, 5.74) is 0. The molecule has 77 heavy (non-hydrogen) atoms. The summed E-state index contributed by atoms with van der Waals surface area (Å²) in [7, 11) is 0. The molecule has 0 bridgehead atoms. The van der Waals surface area contributed by atoms with Crippen molar-refractivity contribution in [2.24, 2.45) is 0 Å². The molecule has 0 aromatic heterocycles. The Morgan fingerprint density at radius 3 is 0.922 bits per heavy atom. The highest BCUT2D eigenvalue weighted by Gasteiger charge is 2.20. The normalized spacial score (nSPS) is 12.5. The first-order chi connectivity index (χ1) is 38.0.